The summed E-state index contributed by atoms with van der Waals surface area (Å²) in [4.78, 5) is 14.5. The molecule has 1 aromatic rings. The van der Waals surface area contributed by atoms with E-state index in [1.807, 2.05) is 31.4 Å². The molecule has 0 N–H and O–H groups in total. The molecule has 20 heavy (non-hydrogen) atoms. The van der Waals surface area contributed by atoms with Crippen molar-refractivity contribution in [3.8, 4) is 0 Å². The lowest BCUT2D eigenvalue weighted by atomic mass is 10.2. The highest BCUT2D eigenvalue weighted by Crippen LogP contribution is 2.20. The van der Waals surface area contributed by atoms with Crippen molar-refractivity contribution < 1.29 is 13.2 Å². The third kappa shape index (κ3) is 3.70. The molecule has 0 saturated carbocycles. The Morgan fingerprint density at radius 3 is 2.75 bits per heavy atom. The molecular formula is C14H19NO3S2. The van der Waals surface area contributed by atoms with Crippen LogP contribution in [0.15, 0.2) is 23.6 Å². The maximum Gasteiger partial charge on any atom is 0.246 e. The van der Waals surface area contributed by atoms with Crippen LogP contribution < -0.4 is 0 Å². The van der Waals surface area contributed by atoms with E-state index in [-0.39, 0.29) is 22.8 Å². The van der Waals surface area contributed by atoms with Crippen LogP contribution in [-0.2, 0) is 14.6 Å². The summed E-state index contributed by atoms with van der Waals surface area (Å²) < 4.78 is 24.0. The summed E-state index contributed by atoms with van der Waals surface area (Å²) in [6, 6.07) is 3.85. The summed E-state index contributed by atoms with van der Waals surface area (Å²) in [6.07, 6.45) is 3.28. The Bertz CT molecular complexity index is 582. The van der Waals surface area contributed by atoms with Gasteiger partial charge in [-0.15, -0.1) is 11.3 Å². The first-order chi connectivity index (χ1) is 9.38. The fraction of sp³-hybridized carbons (Fsp3) is 0.500. The first kappa shape index (κ1) is 15.3. The SMILES string of the molecule is CC(C)CS(=O)(=O)C1CN(C(=O)/C=C/c2cccs2)C1. The van der Waals surface area contributed by atoms with Crippen LogP contribution in [0.5, 0.6) is 0 Å². The van der Waals surface area contributed by atoms with Crippen molar-refractivity contribution in [3.05, 3.63) is 28.5 Å². The number of likely N-dealkylation sites (tertiary alicyclic amines) is 1. The van der Waals surface area contributed by atoms with Crippen LogP contribution >= 0.6 is 11.3 Å². The van der Waals surface area contributed by atoms with Gasteiger partial charge >= 0.3 is 0 Å². The summed E-state index contributed by atoms with van der Waals surface area (Å²) in [7, 11) is -3.06. The molecule has 1 aliphatic rings. The van der Waals surface area contributed by atoms with E-state index in [1.165, 1.54) is 6.08 Å². The quantitative estimate of drug-likeness (QED) is 0.782. The summed E-state index contributed by atoms with van der Waals surface area (Å²) in [6.45, 7) is 4.43. The topological polar surface area (TPSA) is 54.5 Å². The Balaban J connectivity index is 1.85. The van der Waals surface area contributed by atoms with Crippen LogP contribution in [0.25, 0.3) is 6.08 Å². The Hall–Kier alpha value is -1.14. The minimum Gasteiger partial charge on any atom is -0.336 e. The van der Waals surface area contributed by atoms with E-state index in [0.29, 0.717) is 13.1 Å². The summed E-state index contributed by atoms with van der Waals surface area (Å²) in [5.41, 5.74) is 0. The second-order valence-electron chi connectivity index (χ2n) is 5.44. The number of carbonyl (C=O) groups is 1. The van der Waals surface area contributed by atoms with Crippen molar-refractivity contribution in [2.75, 3.05) is 18.8 Å². The van der Waals surface area contributed by atoms with Crippen LogP contribution in [0.1, 0.15) is 18.7 Å². The molecule has 110 valence electrons. The fourth-order valence-corrected chi connectivity index (χ4v) is 4.72. The van der Waals surface area contributed by atoms with Crippen molar-refractivity contribution in [2.24, 2.45) is 5.92 Å². The lowest BCUT2D eigenvalue weighted by molar-refractivity contribution is -0.128. The fourth-order valence-electron chi connectivity index (χ4n) is 2.09. The molecule has 0 spiro atoms. The number of hydrogen-bond acceptors (Lipinski definition) is 4. The van der Waals surface area contributed by atoms with Crippen molar-refractivity contribution in [1.82, 2.24) is 4.90 Å². The van der Waals surface area contributed by atoms with Gasteiger partial charge in [-0.3, -0.25) is 4.79 Å². The number of thiophene rings is 1. The number of rotatable bonds is 5. The predicted molar refractivity (Wildman–Crippen MR) is 82.3 cm³/mol. The second-order valence-corrected chi connectivity index (χ2v) is 8.74. The van der Waals surface area contributed by atoms with Crippen molar-refractivity contribution in [1.29, 1.82) is 0 Å². The van der Waals surface area contributed by atoms with Gasteiger partial charge in [0, 0.05) is 24.0 Å². The normalized spacial score (nSPS) is 16.9. The van der Waals surface area contributed by atoms with E-state index in [9.17, 15) is 13.2 Å². The van der Waals surface area contributed by atoms with Crippen molar-refractivity contribution in [3.63, 3.8) is 0 Å². The smallest absolute Gasteiger partial charge is 0.246 e. The van der Waals surface area contributed by atoms with Gasteiger partial charge in [0.2, 0.25) is 5.91 Å². The first-order valence-corrected chi connectivity index (χ1v) is 9.20. The number of hydrogen-bond donors (Lipinski definition) is 0. The lowest BCUT2D eigenvalue weighted by Gasteiger charge is -2.38. The maximum atomic E-state index is 12.0. The molecule has 1 aliphatic heterocycles. The molecule has 0 aromatic carbocycles. The number of sulfone groups is 1. The highest BCUT2D eigenvalue weighted by atomic mass is 32.2. The third-order valence-corrected chi connectivity index (χ3v) is 6.45. The molecule has 2 rings (SSSR count). The molecule has 0 atom stereocenters. The highest BCUT2D eigenvalue weighted by molar-refractivity contribution is 7.92. The van der Waals surface area contributed by atoms with Gasteiger partial charge in [-0.1, -0.05) is 19.9 Å². The van der Waals surface area contributed by atoms with E-state index < -0.39 is 9.84 Å². The van der Waals surface area contributed by atoms with Crippen LogP contribution in [0, 0.1) is 5.92 Å². The summed E-state index contributed by atoms with van der Waals surface area (Å²) in [5.74, 6) is 0.211. The standard InChI is InChI=1S/C14H19NO3S2/c1-11(2)10-20(17,18)13-8-15(9-13)14(16)6-5-12-4-3-7-19-12/h3-7,11,13H,8-10H2,1-2H3/b6-5+. The summed E-state index contributed by atoms with van der Waals surface area (Å²) in [5, 5.41) is 1.56. The third-order valence-electron chi connectivity index (χ3n) is 3.17. The van der Waals surface area contributed by atoms with Crippen LogP contribution in [0.2, 0.25) is 0 Å². The van der Waals surface area contributed by atoms with E-state index in [4.69, 9.17) is 0 Å². The molecule has 0 unspecified atom stereocenters. The van der Waals surface area contributed by atoms with Gasteiger partial charge < -0.3 is 4.90 Å². The second kappa shape index (κ2) is 6.10. The monoisotopic (exact) mass is 313 g/mol. The molecule has 1 amide bonds. The average Bonchev–Trinajstić information content (AvgIpc) is 2.74. The Kier molecular flexibility index (Phi) is 4.65. The van der Waals surface area contributed by atoms with Gasteiger partial charge in [-0.2, -0.15) is 0 Å². The predicted octanol–water partition coefficient (Wildman–Crippen LogP) is 2.04. The molecule has 1 aromatic heterocycles. The first-order valence-electron chi connectivity index (χ1n) is 6.60. The van der Waals surface area contributed by atoms with Gasteiger partial charge in [0.25, 0.3) is 0 Å². The number of amides is 1. The zero-order valence-electron chi connectivity index (χ0n) is 11.7. The minimum atomic E-state index is -3.06. The van der Waals surface area contributed by atoms with Crippen molar-refractivity contribution >= 4 is 33.2 Å². The minimum absolute atomic E-state index is 0.116. The number of carbonyl (C=O) groups excluding carboxylic acids is 1. The Morgan fingerprint density at radius 2 is 2.20 bits per heavy atom. The zero-order valence-corrected chi connectivity index (χ0v) is 13.3. The Morgan fingerprint density at radius 1 is 1.50 bits per heavy atom. The summed E-state index contributed by atoms with van der Waals surface area (Å²) >= 11 is 1.56. The van der Waals surface area contributed by atoms with Gasteiger partial charge in [0.15, 0.2) is 9.84 Å². The molecule has 0 bridgehead atoms. The van der Waals surface area contributed by atoms with E-state index >= 15 is 0 Å². The maximum absolute atomic E-state index is 12.0. The van der Waals surface area contributed by atoms with Crippen LogP contribution in [-0.4, -0.2) is 43.3 Å². The van der Waals surface area contributed by atoms with Gasteiger partial charge in [-0.05, 0) is 23.4 Å². The Labute approximate surface area is 124 Å². The highest BCUT2D eigenvalue weighted by Gasteiger charge is 2.38. The largest absolute Gasteiger partial charge is 0.336 e. The van der Waals surface area contributed by atoms with Crippen molar-refractivity contribution in [2.45, 2.75) is 19.1 Å². The van der Waals surface area contributed by atoms with E-state index in [0.717, 1.165) is 4.88 Å². The van der Waals surface area contributed by atoms with Crippen LogP contribution in [0.4, 0.5) is 0 Å². The molecule has 1 fully saturated rings. The zero-order chi connectivity index (χ0) is 14.8. The molecule has 6 heteroatoms. The van der Waals surface area contributed by atoms with Gasteiger partial charge in [0.1, 0.15) is 0 Å². The molecule has 0 radical (unpaired) electrons. The van der Waals surface area contributed by atoms with Crippen LogP contribution in [0.3, 0.4) is 0 Å². The van der Waals surface area contributed by atoms with E-state index in [1.54, 1.807) is 22.3 Å². The molecule has 0 aliphatic carbocycles. The molecular weight excluding hydrogens is 294 g/mol. The molecule has 2 heterocycles. The average molecular weight is 313 g/mol. The van der Waals surface area contributed by atoms with Gasteiger partial charge in [-0.25, -0.2) is 8.42 Å². The number of nitrogens with zero attached hydrogens (tertiary/aromatic N) is 1. The molecule has 1 saturated heterocycles. The lowest BCUT2D eigenvalue weighted by Crippen LogP contribution is -2.57. The van der Waals surface area contributed by atoms with Gasteiger partial charge in [0.05, 0.1) is 11.0 Å². The molecule has 4 nitrogen and oxygen atoms in total. The van der Waals surface area contributed by atoms with E-state index in [2.05, 4.69) is 0 Å².